The Morgan fingerprint density at radius 1 is 1.10 bits per heavy atom. The zero-order chi connectivity index (χ0) is 14.5. The Morgan fingerprint density at radius 3 is 2.45 bits per heavy atom. The predicted molar refractivity (Wildman–Crippen MR) is 74.3 cm³/mol. The molecule has 0 N–H and O–H groups in total. The average Bonchev–Trinajstić information content (AvgIpc) is 2.47. The standard InChI is InChI=1S/C16H22F2O2/c1-3-19-16-11(2)9-13(14(17)15(16)18)20-10-12-7-5-4-6-8-12/h9,12H,3-8,10H2,1-2H3. The third-order valence-electron chi connectivity index (χ3n) is 3.80. The summed E-state index contributed by atoms with van der Waals surface area (Å²) >= 11 is 0. The summed E-state index contributed by atoms with van der Waals surface area (Å²) in [6.07, 6.45) is 5.89. The van der Waals surface area contributed by atoms with Gasteiger partial charge in [-0.2, -0.15) is 8.78 Å². The molecule has 2 nitrogen and oxygen atoms in total. The minimum atomic E-state index is -0.953. The molecule has 1 aromatic carbocycles. The fourth-order valence-corrected chi connectivity index (χ4v) is 2.69. The van der Waals surface area contributed by atoms with E-state index in [1.807, 2.05) is 0 Å². The second kappa shape index (κ2) is 6.91. The van der Waals surface area contributed by atoms with Crippen LogP contribution in [0.25, 0.3) is 0 Å². The van der Waals surface area contributed by atoms with Gasteiger partial charge in [0.15, 0.2) is 11.5 Å². The Labute approximate surface area is 119 Å². The van der Waals surface area contributed by atoms with Crippen LogP contribution in [-0.2, 0) is 0 Å². The van der Waals surface area contributed by atoms with Gasteiger partial charge in [0.05, 0.1) is 13.2 Å². The molecule has 0 heterocycles. The summed E-state index contributed by atoms with van der Waals surface area (Å²) in [5.41, 5.74) is 0.560. The summed E-state index contributed by atoms with van der Waals surface area (Å²) in [6.45, 7) is 4.20. The number of ether oxygens (including phenoxy) is 2. The molecule has 1 aromatic rings. The maximum atomic E-state index is 13.9. The van der Waals surface area contributed by atoms with E-state index in [1.54, 1.807) is 13.8 Å². The van der Waals surface area contributed by atoms with E-state index in [0.29, 0.717) is 24.7 Å². The number of benzene rings is 1. The van der Waals surface area contributed by atoms with Crippen molar-refractivity contribution in [3.8, 4) is 11.5 Å². The van der Waals surface area contributed by atoms with Gasteiger partial charge in [0.1, 0.15) is 0 Å². The quantitative estimate of drug-likeness (QED) is 0.784. The van der Waals surface area contributed by atoms with Crippen LogP contribution in [0.1, 0.15) is 44.6 Å². The first-order valence-corrected chi connectivity index (χ1v) is 7.37. The molecule has 0 radical (unpaired) electrons. The molecule has 1 fully saturated rings. The van der Waals surface area contributed by atoms with Crippen molar-refractivity contribution in [2.45, 2.75) is 46.0 Å². The molecule has 0 amide bonds. The van der Waals surface area contributed by atoms with Crippen LogP contribution in [0.5, 0.6) is 11.5 Å². The minimum absolute atomic E-state index is 0.00553. The van der Waals surface area contributed by atoms with Gasteiger partial charge in [-0.15, -0.1) is 0 Å². The molecule has 4 heteroatoms. The molecular weight excluding hydrogens is 262 g/mol. The molecule has 0 aliphatic heterocycles. The minimum Gasteiger partial charge on any atom is -0.490 e. The van der Waals surface area contributed by atoms with E-state index in [4.69, 9.17) is 9.47 Å². The second-order valence-corrected chi connectivity index (χ2v) is 5.40. The highest BCUT2D eigenvalue weighted by Crippen LogP contribution is 2.32. The Kier molecular flexibility index (Phi) is 5.21. The highest BCUT2D eigenvalue weighted by molar-refractivity contribution is 5.42. The van der Waals surface area contributed by atoms with Crippen LogP contribution >= 0.6 is 0 Å². The average molecular weight is 284 g/mol. The number of halogens is 2. The molecule has 0 unspecified atom stereocenters. The second-order valence-electron chi connectivity index (χ2n) is 5.40. The molecule has 2 rings (SSSR count). The third kappa shape index (κ3) is 3.41. The van der Waals surface area contributed by atoms with Crippen LogP contribution in [0.3, 0.4) is 0 Å². The third-order valence-corrected chi connectivity index (χ3v) is 3.80. The fraction of sp³-hybridized carbons (Fsp3) is 0.625. The van der Waals surface area contributed by atoms with Gasteiger partial charge in [-0.1, -0.05) is 19.3 Å². The van der Waals surface area contributed by atoms with Gasteiger partial charge < -0.3 is 9.47 Å². The van der Waals surface area contributed by atoms with Crippen LogP contribution < -0.4 is 9.47 Å². The SMILES string of the molecule is CCOc1c(C)cc(OCC2CCCCC2)c(F)c1F. The molecule has 1 aliphatic rings. The molecule has 0 spiro atoms. The van der Waals surface area contributed by atoms with Crippen molar-refractivity contribution in [3.05, 3.63) is 23.3 Å². The van der Waals surface area contributed by atoms with Gasteiger partial charge in [-0.3, -0.25) is 0 Å². The highest BCUT2D eigenvalue weighted by atomic mass is 19.2. The molecule has 0 aromatic heterocycles. The molecule has 1 saturated carbocycles. The largest absolute Gasteiger partial charge is 0.490 e. The van der Waals surface area contributed by atoms with E-state index in [1.165, 1.54) is 25.3 Å². The van der Waals surface area contributed by atoms with Gasteiger partial charge >= 0.3 is 0 Å². The summed E-state index contributed by atoms with van der Waals surface area (Å²) in [6, 6.07) is 1.52. The number of aryl methyl sites for hydroxylation is 1. The van der Waals surface area contributed by atoms with Crippen LogP contribution in [-0.4, -0.2) is 13.2 Å². The first-order chi connectivity index (χ1) is 9.63. The summed E-state index contributed by atoms with van der Waals surface area (Å²) in [4.78, 5) is 0. The van der Waals surface area contributed by atoms with E-state index in [0.717, 1.165) is 12.8 Å². The van der Waals surface area contributed by atoms with Crippen LogP contribution in [0.15, 0.2) is 6.07 Å². The van der Waals surface area contributed by atoms with Crippen molar-refractivity contribution >= 4 is 0 Å². The van der Waals surface area contributed by atoms with Gasteiger partial charge in [-0.25, -0.2) is 0 Å². The topological polar surface area (TPSA) is 18.5 Å². The summed E-state index contributed by atoms with van der Waals surface area (Å²) in [7, 11) is 0. The lowest BCUT2D eigenvalue weighted by molar-refractivity contribution is 0.199. The van der Waals surface area contributed by atoms with E-state index in [-0.39, 0.29) is 11.5 Å². The smallest absolute Gasteiger partial charge is 0.204 e. The Hall–Kier alpha value is -1.32. The van der Waals surface area contributed by atoms with Gasteiger partial charge in [0.25, 0.3) is 0 Å². The Balaban J connectivity index is 2.07. The van der Waals surface area contributed by atoms with Crippen molar-refractivity contribution in [2.24, 2.45) is 5.92 Å². The Morgan fingerprint density at radius 2 is 1.80 bits per heavy atom. The predicted octanol–water partition coefficient (Wildman–Crippen LogP) is 4.63. The van der Waals surface area contributed by atoms with E-state index < -0.39 is 11.6 Å². The van der Waals surface area contributed by atoms with Crippen molar-refractivity contribution in [2.75, 3.05) is 13.2 Å². The molecule has 0 bridgehead atoms. The molecule has 1 aliphatic carbocycles. The van der Waals surface area contributed by atoms with Gasteiger partial charge in [-0.05, 0) is 44.2 Å². The maximum absolute atomic E-state index is 13.9. The normalized spacial score (nSPS) is 16.2. The number of rotatable bonds is 5. The monoisotopic (exact) mass is 284 g/mol. The molecule has 20 heavy (non-hydrogen) atoms. The van der Waals surface area contributed by atoms with Crippen LogP contribution in [0.4, 0.5) is 8.78 Å². The van der Waals surface area contributed by atoms with Crippen molar-refractivity contribution < 1.29 is 18.3 Å². The van der Waals surface area contributed by atoms with E-state index in [2.05, 4.69) is 0 Å². The van der Waals surface area contributed by atoms with E-state index in [9.17, 15) is 8.78 Å². The lowest BCUT2D eigenvalue weighted by Gasteiger charge is -2.22. The van der Waals surface area contributed by atoms with Crippen LogP contribution in [0.2, 0.25) is 0 Å². The first kappa shape index (κ1) is 15.1. The zero-order valence-electron chi connectivity index (χ0n) is 12.2. The molecule has 0 saturated heterocycles. The first-order valence-electron chi connectivity index (χ1n) is 7.37. The molecular formula is C16H22F2O2. The maximum Gasteiger partial charge on any atom is 0.204 e. The molecule has 112 valence electrons. The molecule has 0 atom stereocenters. The van der Waals surface area contributed by atoms with Crippen LogP contribution in [0, 0.1) is 24.5 Å². The lowest BCUT2D eigenvalue weighted by Crippen LogP contribution is -2.16. The highest BCUT2D eigenvalue weighted by Gasteiger charge is 2.20. The van der Waals surface area contributed by atoms with Crippen molar-refractivity contribution in [1.29, 1.82) is 0 Å². The van der Waals surface area contributed by atoms with Crippen molar-refractivity contribution in [1.82, 2.24) is 0 Å². The number of hydrogen-bond donors (Lipinski definition) is 0. The fourth-order valence-electron chi connectivity index (χ4n) is 2.69. The number of hydrogen-bond acceptors (Lipinski definition) is 2. The van der Waals surface area contributed by atoms with E-state index >= 15 is 0 Å². The summed E-state index contributed by atoms with van der Waals surface area (Å²) in [5.74, 6) is -1.47. The van der Waals surface area contributed by atoms with Gasteiger partial charge in [0.2, 0.25) is 11.6 Å². The van der Waals surface area contributed by atoms with Gasteiger partial charge in [0, 0.05) is 0 Å². The van der Waals surface area contributed by atoms with Crippen molar-refractivity contribution in [3.63, 3.8) is 0 Å². The summed E-state index contributed by atoms with van der Waals surface area (Å²) < 4.78 is 38.5. The Bertz CT molecular complexity index is 454. The lowest BCUT2D eigenvalue weighted by atomic mass is 9.90. The zero-order valence-corrected chi connectivity index (χ0v) is 12.2. The summed E-state index contributed by atoms with van der Waals surface area (Å²) in [5, 5.41) is 0.